The number of fused-ring (bicyclic) bond motifs is 2. The molecule has 0 bridgehead atoms. The Morgan fingerprint density at radius 2 is 0.802 bits per heavy atom. The lowest BCUT2D eigenvalue weighted by atomic mass is 10.0. The lowest BCUT2D eigenvalue weighted by molar-refractivity contribution is -0.298. The van der Waals surface area contributed by atoms with E-state index < -0.39 is 67.0 Å². The molecule has 17 heteroatoms. The molecule has 4 fully saturated rings. The second-order valence-electron chi connectivity index (χ2n) is 22.1. The molecule has 8 atom stereocenters. The summed E-state index contributed by atoms with van der Waals surface area (Å²) in [5.74, 6) is 1.75. The Morgan fingerprint density at radius 1 is 0.448 bits per heavy atom. The van der Waals surface area contributed by atoms with E-state index >= 15 is 0 Å². The number of aryl methyl sites for hydroxylation is 3. The highest BCUT2D eigenvalue weighted by molar-refractivity contribution is 5.93. The van der Waals surface area contributed by atoms with Gasteiger partial charge in [0.15, 0.2) is 12.6 Å². The van der Waals surface area contributed by atoms with Crippen LogP contribution in [0.1, 0.15) is 112 Å². The van der Waals surface area contributed by atoms with Gasteiger partial charge >= 0.3 is 29.8 Å². The van der Waals surface area contributed by atoms with Crippen molar-refractivity contribution in [3.05, 3.63) is 296 Å². The van der Waals surface area contributed by atoms with Gasteiger partial charge in [-0.25, -0.2) is 29.7 Å². The van der Waals surface area contributed by atoms with Gasteiger partial charge in [-0.1, -0.05) is 95.7 Å². The van der Waals surface area contributed by atoms with Crippen LogP contribution in [0, 0.1) is 38.9 Å². The molecule has 0 saturated carbocycles. The van der Waals surface area contributed by atoms with Crippen molar-refractivity contribution in [1.82, 2.24) is 0 Å². The number of carbonyl (C=O) groups is 5. The van der Waals surface area contributed by atoms with E-state index in [-0.39, 0.29) is 18.7 Å². The highest BCUT2D eigenvalue weighted by atomic mass is 16.7. The standard InChI is InChI=1S/C50H35O10.C29H28O7/c1-4-5-6-7-8-9-10-13-35(2)14-11-12-32-54-41-25-19-38(20-26-41)48(52)58-43-29-23-40(24-30-43)50-56-34-45-46(60-50)44(31-33-55-45)59-49(53)39-21-27-42(28-22-39)57-47(51)37-17-15-36(3)16-18-37;1-18-3-7-20(8-4-18)27(30)34-23-13-11-22(12-14-23)29-33-17-25-26(36-29)24(15-16-32-25)35-28(31)21-9-5-19(2)6-10-21/h11,15-30,44-46,50H,1,31,33-34H2,2-3H3;3-14,24-26,29H,15-17H2,1-2H3/q-1;. The average molecular weight is 1280 g/mol. The largest absolute Gasteiger partial charge is 0.456 e. The first-order valence-electron chi connectivity index (χ1n) is 30.5. The van der Waals surface area contributed by atoms with E-state index in [1.165, 1.54) is 6.08 Å². The van der Waals surface area contributed by atoms with Crippen molar-refractivity contribution in [2.24, 2.45) is 0 Å². The van der Waals surface area contributed by atoms with Crippen LogP contribution < -0.4 is 18.9 Å². The maximum absolute atomic E-state index is 13.2. The van der Waals surface area contributed by atoms with Gasteiger partial charge in [-0.2, -0.15) is 12.0 Å². The first kappa shape index (κ1) is 67.6. The summed E-state index contributed by atoms with van der Waals surface area (Å²) >= 11 is 0. The maximum Gasteiger partial charge on any atom is 0.343 e. The molecule has 4 aliphatic heterocycles. The molecule has 8 unspecified atom stereocenters. The average Bonchev–Trinajstić information content (AvgIpc) is 0.885. The van der Waals surface area contributed by atoms with E-state index in [0.29, 0.717) is 94.6 Å². The van der Waals surface area contributed by atoms with Gasteiger partial charge in [0.2, 0.25) is 0 Å². The van der Waals surface area contributed by atoms with Crippen LogP contribution in [0.4, 0.5) is 0 Å². The van der Waals surface area contributed by atoms with E-state index in [1.54, 1.807) is 140 Å². The Labute approximate surface area is 555 Å². The van der Waals surface area contributed by atoms with Crippen molar-refractivity contribution in [2.45, 2.75) is 89.7 Å². The lowest BCUT2D eigenvalue weighted by Crippen LogP contribution is -2.53. The van der Waals surface area contributed by atoms with Crippen molar-refractivity contribution < 1.29 is 80.8 Å². The quantitative estimate of drug-likeness (QED) is 0.0249. The molecule has 11 rings (SSSR count). The molecule has 0 amide bonds. The van der Waals surface area contributed by atoms with E-state index in [0.717, 1.165) is 22.3 Å². The SMILES string of the molecule is C=C=C=C=C=C=C=C=C=C(C)[C-]=CC#COc1ccc(C(=O)Oc2ccc(C3OCC4OCCC(OC(=O)c5ccc(OC(=O)c6ccc(C)cc6)cc5)C4O3)cc2)cc1.Cc1ccc(C(=O)Oc2ccc(C3OCC4OCCC(OC(=O)c5ccc(C)cc5)C4O3)cc2)cc1. The highest BCUT2D eigenvalue weighted by Crippen LogP contribution is 2.36. The summed E-state index contributed by atoms with van der Waals surface area (Å²) < 4.78 is 69.7. The van der Waals surface area contributed by atoms with Crippen LogP contribution in [0.3, 0.4) is 0 Å². The van der Waals surface area contributed by atoms with Crippen LogP contribution in [0.5, 0.6) is 23.0 Å². The van der Waals surface area contributed by atoms with Crippen LogP contribution in [0.2, 0.25) is 0 Å². The second-order valence-corrected chi connectivity index (χ2v) is 22.1. The van der Waals surface area contributed by atoms with E-state index in [2.05, 4.69) is 70.5 Å². The predicted octanol–water partition coefficient (Wildman–Crippen LogP) is 13.3. The molecule has 0 spiro atoms. The number of benzene rings is 7. The van der Waals surface area contributed by atoms with Crippen molar-refractivity contribution >= 4 is 29.8 Å². The number of rotatable bonds is 14. The fourth-order valence-electron chi connectivity index (χ4n) is 9.91. The molecule has 7 aromatic rings. The number of esters is 5. The van der Waals surface area contributed by atoms with Gasteiger partial charge in [0.05, 0.1) is 54.2 Å². The van der Waals surface area contributed by atoms with Gasteiger partial charge in [-0.15, -0.1) is 11.6 Å². The molecule has 4 aliphatic rings. The van der Waals surface area contributed by atoms with E-state index in [1.807, 2.05) is 57.2 Å². The smallest absolute Gasteiger partial charge is 0.343 e. The van der Waals surface area contributed by atoms with Gasteiger partial charge in [-0.3, -0.25) is 0 Å². The molecule has 7 aromatic carbocycles. The fraction of sp³-hybridized carbons (Fsp3) is 0.228. The monoisotopic (exact) mass is 1280 g/mol. The molecule has 4 heterocycles. The van der Waals surface area contributed by atoms with Gasteiger partial charge in [0.25, 0.3) is 0 Å². The Bertz CT molecular complexity index is 4360. The van der Waals surface area contributed by atoms with Crippen LogP contribution >= 0.6 is 0 Å². The van der Waals surface area contributed by atoms with Crippen LogP contribution in [0.25, 0.3) is 0 Å². The third kappa shape index (κ3) is 19.2. The molecule has 96 heavy (non-hydrogen) atoms. The third-order valence-corrected chi connectivity index (χ3v) is 15.1. The third-order valence-electron chi connectivity index (χ3n) is 15.1. The maximum atomic E-state index is 13.2. The lowest BCUT2D eigenvalue weighted by Gasteiger charge is -2.42. The van der Waals surface area contributed by atoms with Gasteiger partial charge in [0.1, 0.15) is 59.6 Å². The predicted molar refractivity (Wildman–Crippen MR) is 348 cm³/mol. The summed E-state index contributed by atoms with van der Waals surface area (Å²) in [6.07, 6.45) is 3.61. The molecular formula is C79H63O17-. The van der Waals surface area contributed by atoms with Crippen molar-refractivity contribution in [1.29, 1.82) is 0 Å². The minimum atomic E-state index is -0.781. The number of hydrogen-bond acceptors (Lipinski definition) is 17. The Hall–Kier alpha value is -11.3. The fourth-order valence-corrected chi connectivity index (χ4v) is 9.91. The number of allylic oxidation sites excluding steroid dienone is 3. The van der Waals surface area contributed by atoms with Crippen molar-refractivity contribution in [3.63, 3.8) is 0 Å². The Morgan fingerprint density at radius 3 is 1.21 bits per heavy atom. The number of carbonyl (C=O) groups excluding carboxylic acids is 5. The van der Waals surface area contributed by atoms with E-state index in [9.17, 15) is 24.0 Å². The van der Waals surface area contributed by atoms with Crippen LogP contribution in [-0.4, -0.2) is 92.9 Å². The summed E-state index contributed by atoms with van der Waals surface area (Å²) in [6, 6.07) is 47.7. The Kier molecular flexibility index (Phi) is 23.6. The molecule has 17 nitrogen and oxygen atoms in total. The zero-order chi connectivity index (χ0) is 67.2. The van der Waals surface area contributed by atoms with E-state index in [4.69, 9.17) is 56.8 Å². The zero-order valence-electron chi connectivity index (χ0n) is 52.8. The number of ether oxygens (including phenoxy) is 12. The van der Waals surface area contributed by atoms with Crippen molar-refractivity contribution in [3.8, 4) is 35.0 Å². The summed E-state index contributed by atoms with van der Waals surface area (Å²) in [6.45, 7) is 12.3. The zero-order valence-corrected chi connectivity index (χ0v) is 52.8. The summed E-state index contributed by atoms with van der Waals surface area (Å²) in [5, 5.41) is 0. The summed E-state index contributed by atoms with van der Waals surface area (Å²) in [7, 11) is 0. The van der Waals surface area contributed by atoms with Gasteiger partial charge in [0, 0.05) is 30.1 Å². The van der Waals surface area contributed by atoms with Gasteiger partial charge in [-0.05, 0) is 165 Å². The summed E-state index contributed by atoms with van der Waals surface area (Å²) in [5.41, 5.74) is 27.8. The first-order chi connectivity index (χ1) is 46.7. The topological polar surface area (TPSA) is 196 Å². The van der Waals surface area contributed by atoms with Crippen LogP contribution in [-0.2, 0) is 37.9 Å². The normalized spacial score (nSPS) is 19.6. The molecule has 0 aliphatic carbocycles. The highest BCUT2D eigenvalue weighted by Gasteiger charge is 2.45. The second kappa shape index (κ2) is 33.5. The molecular weight excluding hydrogens is 1220 g/mol. The molecule has 0 radical (unpaired) electrons. The molecule has 0 N–H and O–H groups in total. The minimum absolute atomic E-state index is 0.219. The summed E-state index contributed by atoms with van der Waals surface area (Å²) in [4.78, 5) is 63.6. The molecule has 4 saturated heterocycles. The molecule has 482 valence electrons. The Balaban J connectivity index is 0.000000236. The van der Waals surface area contributed by atoms with Gasteiger partial charge < -0.3 is 56.8 Å². The van der Waals surface area contributed by atoms with Crippen molar-refractivity contribution in [2.75, 3.05) is 26.4 Å². The number of hydrogen-bond donors (Lipinski definition) is 0. The van der Waals surface area contributed by atoms with Crippen LogP contribution in [0.15, 0.2) is 234 Å². The first-order valence-corrected chi connectivity index (χ1v) is 30.5. The molecule has 0 aromatic heterocycles. The minimum Gasteiger partial charge on any atom is -0.456 e.